The largest absolute Gasteiger partial charge is 0.496 e. The Labute approximate surface area is 102 Å². The zero-order chi connectivity index (χ0) is 11.7. The summed E-state index contributed by atoms with van der Waals surface area (Å²) >= 11 is 3.33. The van der Waals surface area contributed by atoms with E-state index in [4.69, 9.17) is 15.0 Å². The lowest BCUT2D eigenvalue weighted by molar-refractivity contribution is 0.410. The highest BCUT2D eigenvalue weighted by molar-refractivity contribution is 9.10. The Morgan fingerprint density at radius 3 is 2.75 bits per heavy atom. The summed E-state index contributed by atoms with van der Waals surface area (Å²) in [6, 6.07) is 5.78. The quantitative estimate of drug-likeness (QED) is 0.920. The first-order valence-corrected chi connectivity index (χ1v) is 5.48. The number of nitrogen functional groups attached to an aromatic ring is 1. The Kier molecular flexibility index (Phi) is 2.87. The molecule has 0 aliphatic carbocycles. The van der Waals surface area contributed by atoms with Crippen molar-refractivity contribution in [2.24, 2.45) is 0 Å². The maximum atomic E-state index is 5.60. The third-order valence-corrected chi connectivity index (χ3v) is 3.10. The van der Waals surface area contributed by atoms with E-state index in [1.165, 1.54) is 0 Å². The number of halogens is 1. The first kappa shape index (κ1) is 11.0. The van der Waals surface area contributed by atoms with Gasteiger partial charge in [0.15, 0.2) is 11.6 Å². The van der Waals surface area contributed by atoms with E-state index in [-0.39, 0.29) is 0 Å². The van der Waals surface area contributed by atoms with Gasteiger partial charge in [-0.15, -0.1) is 0 Å². The van der Waals surface area contributed by atoms with Gasteiger partial charge in [0.05, 0.1) is 7.11 Å². The molecule has 4 nitrogen and oxygen atoms in total. The molecule has 84 valence electrons. The molecule has 0 saturated heterocycles. The topological polar surface area (TPSA) is 61.3 Å². The fourth-order valence-corrected chi connectivity index (χ4v) is 1.81. The summed E-state index contributed by atoms with van der Waals surface area (Å²) in [5, 5.41) is 3.69. The molecule has 5 heteroatoms. The van der Waals surface area contributed by atoms with Crippen molar-refractivity contribution in [1.82, 2.24) is 5.16 Å². The van der Waals surface area contributed by atoms with Gasteiger partial charge in [-0.1, -0.05) is 17.3 Å². The molecular weight excluding hydrogens is 272 g/mol. The molecular formula is C11H11BrN2O2. The fourth-order valence-electron chi connectivity index (χ4n) is 1.43. The van der Waals surface area contributed by atoms with Gasteiger partial charge in [0, 0.05) is 5.56 Å². The summed E-state index contributed by atoms with van der Waals surface area (Å²) < 4.78 is 11.1. The first-order chi connectivity index (χ1) is 7.63. The SMILES string of the molecule is COc1cc(-c2onc(N)c2Br)ccc1C. The minimum atomic E-state index is 0.342. The summed E-state index contributed by atoms with van der Waals surface area (Å²) in [5.74, 6) is 1.75. The number of benzene rings is 1. The van der Waals surface area contributed by atoms with Crippen molar-refractivity contribution in [3.63, 3.8) is 0 Å². The van der Waals surface area contributed by atoms with Crippen LogP contribution >= 0.6 is 15.9 Å². The minimum Gasteiger partial charge on any atom is -0.496 e. The molecule has 0 atom stereocenters. The molecule has 2 aromatic rings. The van der Waals surface area contributed by atoms with Crippen LogP contribution in [0.4, 0.5) is 5.82 Å². The van der Waals surface area contributed by atoms with E-state index in [0.717, 1.165) is 16.9 Å². The molecule has 0 unspecified atom stereocenters. The van der Waals surface area contributed by atoms with E-state index >= 15 is 0 Å². The fraction of sp³-hybridized carbons (Fsp3) is 0.182. The summed E-state index contributed by atoms with van der Waals surface area (Å²) in [5.41, 5.74) is 7.53. The molecule has 0 aliphatic rings. The van der Waals surface area contributed by atoms with Gasteiger partial charge < -0.3 is 15.0 Å². The van der Waals surface area contributed by atoms with E-state index in [9.17, 15) is 0 Å². The summed E-state index contributed by atoms with van der Waals surface area (Å²) in [7, 11) is 1.63. The maximum absolute atomic E-state index is 5.60. The molecule has 2 N–H and O–H groups in total. The number of anilines is 1. The van der Waals surface area contributed by atoms with Crippen molar-refractivity contribution >= 4 is 21.7 Å². The van der Waals surface area contributed by atoms with E-state index in [2.05, 4.69) is 21.1 Å². The van der Waals surface area contributed by atoms with Crippen LogP contribution < -0.4 is 10.5 Å². The van der Waals surface area contributed by atoms with Gasteiger partial charge in [-0.3, -0.25) is 0 Å². The zero-order valence-electron chi connectivity index (χ0n) is 8.95. The number of nitrogens with zero attached hydrogens (tertiary/aromatic N) is 1. The lowest BCUT2D eigenvalue weighted by atomic mass is 10.1. The van der Waals surface area contributed by atoms with Crippen LogP contribution in [0.1, 0.15) is 5.56 Å². The van der Waals surface area contributed by atoms with Gasteiger partial charge in [-0.25, -0.2) is 0 Å². The molecule has 0 bridgehead atoms. The van der Waals surface area contributed by atoms with Gasteiger partial charge in [0.2, 0.25) is 0 Å². The van der Waals surface area contributed by atoms with E-state index in [0.29, 0.717) is 16.1 Å². The van der Waals surface area contributed by atoms with Gasteiger partial charge in [-0.2, -0.15) is 0 Å². The number of aryl methyl sites for hydroxylation is 1. The Morgan fingerprint density at radius 2 is 2.19 bits per heavy atom. The van der Waals surface area contributed by atoms with Crippen molar-refractivity contribution in [2.75, 3.05) is 12.8 Å². The summed E-state index contributed by atoms with van der Waals surface area (Å²) in [6.45, 7) is 1.98. The molecule has 0 amide bonds. The molecule has 0 radical (unpaired) electrons. The molecule has 0 aliphatic heterocycles. The van der Waals surface area contributed by atoms with E-state index in [1.807, 2.05) is 25.1 Å². The summed E-state index contributed by atoms with van der Waals surface area (Å²) in [6.07, 6.45) is 0. The Morgan fingerprint density at radius 1 is 1.44 bits per heavy atom. The molecule has 1 heterocycles. The molecule has 0 spiro atoms. The lowest BCUT2D eigenvalue weighted by Crippen LogP contribution is -1.88. The number of methoxy groups -OCH3 is 1. The van der Waals surface area contributed by atoms with Crippen LogP contribution in [0, 0.1) is 6.92 Å². The van der Waals surface area contributed by atoms with Gasteiger partial charge in [0.1, 0.15) is 10.2 Å². The molecule has 2 rings (SSSR count). The van der Waals surface area contributed by atoms with E-state index < -0.39 is 0 Å². The van der Waals surface area contributed by atoms with Crippen LogP contribution in [-0.4, -0.2) is 12.3 Å². The predicted octanol–water partition coefficient (Wildman–Crippen LogP) is 3.00. The molecule has 16 heavy (non-hydrogen) atoms. The first-order valence-electron chi connectivity index (χ1n) is 4.69. The number of aromatic nitrogens is 1. The average Bonchev–Trinajstić information content (AvgIpc) is 2.61. The number of ether oxygens (including phenoxy) is 1. The minimum absolute atomic E-state index is 0.342. The van der Waals surface area contributed by atoms with Gasteiger partial charge >= 0.3 is 0 Å². The second-order valence-corrected chi connectivity index (χ2v) is 4.19. The van der Waals surface area contributed by atoms with Gasteiger partial charge in [-0.05, 0) is 34.5 Å². The van der Waals surface area contributed by atoms with Crippen molar-refractivity contribution in [3.8, 4) is 17.1 Å². The molecule has 1 aromatic heterocycles. The van der Waals surface area contributed by atoms with Crippen molar-refractivity contribution in [2.45, 2.75) is 6.92 Å². The standard InChI is InChI=1S/C11H11BrN2O2/c1-6-3-4-7(5-8(6)15-2)10-9(12)11(13)14-16-10/h3-5H,1-2H3,(H2,13,14). The summed E-state index contributed by atoms with van der Waals surface area (Å²) in [4.78, 5) is 0. The average molecular weight is 283 g/mol. The van der Waals surface area contributed by atoms with Crippen LogP contribution in [0.3, 0.4) is 0 Å². The highest BCUT2D eigenvalue weighted by Gasteiger charge is 2.14. The normalized spacial score (nSPS) is 10.4. The van der Waals surface area contributed by atoms with E-state index in [1.54, 1.807) is 7.11 Å². The van der Waals surface area contributed by atoms with Crippen LogP contribution in [0.5, 0.6) is 5.75 Å². The smallest absolute Gasteiger partial charge is 0.183 e. The van der Waals surface area contributed by atoms with Crippen LogP contribution in [0.25, 0.3) is 11.3 Å². The highest BCUT2D eigenvalue weighted by atomic mass is 79.9. The Balaban J connectivity index is 2.52. The van der Waals surface area contributed by atoms with Crippen LogP contribution in [0.2, 0.25) is 0 Å². The number of rotatable bonds is 2. The third kappa shape index (κ3) is 1.78. The Bertz CT molecular complexity index is 523. The number of hydrogen-bond donors (Lipinski definition) is 1. The monoisotopic (exact) mass is 282 g/mol. The van der Waals surface area contributed by atoms with Crippen molar-refractivity contribution < 1.29 is 9.26 Å². The van der Waals surface area contributed by atoms with Crippen molar-refractivity contribution in [1.29, 1.82) is 0 Å². The van der Waals surface area contributed by atoms with Crippen LogP contribution in [0.15, 0.2) is 27.2 Å². The van der Waals surface area contributed by atoms with Gasteiger partial charge in [0.25, 0.3) is 0 Å². The molecule has 1 aromatic carbocycles. The lowest BCUT2D eigenvalue weighted by Gasteiger charge is -2.05. The zero-order valence-corrected chi connectivity index (χ0v) is 10.5. The third-order valence-electron chi connectivity index (χ3n) is 2.33. The number of hydrogen-bond acceptors (Lipinski definition) is 4. The van der Waals surface area contributed by atoms with Crippen molar-refractivity contribution in [3.05, 3.63) is 28.2 Å². The predicted molar refractivity (Wildman–Crippen MR) is 65.3 cm³/mol. The molecule has 0 saturated carbocycles. The Hall–Kier alpha value is -1.49. The number of nitrogens with two attached hydrogens (primary N) is 1. The highest BCUT2D eigenvalue weighted by Crippen LogP contribution is 2.34. The second-order valence-electron chi connectivity index (χ2n) is 3.40. The molecule has 0 fully saturated rings. The second kappa shape index (κ2) is 4.17. The van der Waals surface area contributed by atoms with Crippen LogP contribution in [-0.2, 0) is 0 Å². The maximum Gasteiger partial charge on any atom is 0.183 e.